The van der Waals surface area contributed by atoms with Crippen LogP contribution in [-0.2, 0) is 0 Å². The number of aromatic nitrogens is 3. The number of hydrogen-bond acceptors (Lipinski definition) is 3. The van der Waals surface area contributed by atoms with Crippen LogP contribution in [0.1, 0.15) is 10.4 Å². The first-order valence-corrected chi connectivity index (χ1v) is 3.82. The Labute approximate surface area is 74.8 Å². The molecule has 64 valence electrons. The summed E-state index contributed by atoms with van der Waals surface area (Å²) in [6, 6.07) is 7.10. The lowest BCUT2D eigenvalue weighted by Crippen LogP contribution is -1.98. The van der Waals surface area contributed by atoms with Gasteiger partial charge in [-0.1, -0.05) is 12.1 Å². The third-order valence-corrected chi connectivity index (χ3v) is 1.66. The minimum Gasteiger partial charge on any atom is -0.298 e. The highest BCUT2D eigenvalue weighted by Crippen LogP contribution is 2.05. The van der Waals surface area contributed by atoms with Crippen LogP contribution in [-0.4, -0.2) is 21.3 Å². The summed E-state index contributed by atoms with van der Waals surface area (Å²) in [5, 5.41) is 7.90. The molecule has 4 heteroatoms. The summed E-state index contributed by atoms with van der Waals surface area (Å²) in [6.07, 6.45) is 3.98. The van der Waals surface area contributed by atoms with E-state index in [1.165, 1.54) is 4.80 Å². The number of carbonyl (C=O) groups excluding carboxylic acids is 1. The van der Waals surface area contributed by atoms with E-state index in [-0.39, 0.29) is 0 Å². The summed E-state index contributed by atoms with van der Waals surface area (Å²) in [6.45, 7) is 0. The molecule has 0 spiro atoms. The van der Waals surface area contributed by atoms with Gasteiger partial charge in [0.1, 0.15) is 6.29 Å². The molecule has 0 N–H and O–H groups in total. The van der Waals surface area contributed by atoms with E-state index in [9.17, 15) is 4.79 Å². The molecule has 2 aromatic rings. The van der Waals surface area contributed by atoms with Crippen molar-refractivity contribution in [2.45, 2.75) is 0 Å². The number of benzene rings is 1. The second-order valence-electron chi connectivity index (χ2n) is 2.53. The van der Waals surface area contributed by atoms with Crippen molar-refractivity contribution in [3.8, 4) is 5.69 Å². The summed E-state index contributed by atoms with van der Waals surface area (Å²) in [4.78, 5) is 11.9. The van der Waals surface area contributed by atoms with Gasteiger partial charge < -0.3 is 0 Å². The molecule has 13 heavy (non-hydrogen) atoms. The van der Waals surface area contributed by atoms with Gasteiger partial charge >= 0.3 is 0 Å². The summed E-state index contributed by atoms with van der Waals surface area (Å²) >= 11 is 0. The van der Waals surface area contributed by atoms with Gasteiger partial charge in [0, 0.05) is 5.56 Å². The van der Waals surface area contributed by atoms with Crippen molar-refractivity contribution in [3.05, 3.63) is 42.2 Å². The van der Waals surface area contributed by atoms with Gasteiger partial charge in [0.05, 0.1) is 18.1 Å². The zero-order valence-corrected chi connectivity index (χ0v) is 6.79. The zero-order valence-electron chi connectivity index (χ0n) is 6.79. The molecule has 0 aliphatic rings. The molecule has 1 heterocycles. The maximum Gasteiger partial charge on any atom is 0.150 e. The Balaban J connectivity index is 2.47. The summed E-state index contributed by atoms with van der Waals surface area (Å²) < 4.78 is 0. The number of rotatable bonds is 2. The van der Waals surface area contributed by atoms with Gasteiger partial charge in [-0.25, -0.2) is 0 Å². The highest BCUT2D eigenvalue weighted by atomic mass is 16.1. The van der Waals surface area contributed by atoms with Crippen molar-refractivity contribution in [2.24, 2.45) is 0 Å². The predicted molar refractivity (Wildman–Crippen MR) is 46.7 cm³/mol. The molecule has 0 fully saturated rings. The molecule has 0 radical (unpaired) electrons. The Hall–Kier alpha value is -1.97. The smallest absolute Gasteiger partial charge is 0.150 e. The van der Waals surface area contributed by atoms with Crippen molar-refractivity contribution < 1.29 is 4.79 Å². The van der Waals surface area contributed by atoms with Crippen molar-refractivity contribution in [1.82, 2.24) is 15.0 Å². The van der Waals surface area contributed by atoms with Gasteiger partial charge in [0.25, 0.3) is 0 Å². The predicted octanol–water partition coefficient (Wildman–Crippen LogP) is 1.08. The van der Waals surface area contributed by atoms with Crippen LogP contribution in [0.15, 0.2) is 36.7 Å². The average Bonchev–Trinajstić information content (AvgIpc) is 2.71. The molecule has 0 unspecified atom stereocenters. The van der Waals surface area contributed by atoms with Crippen LogP contribution in [0, 0.1) is 0 Å². The Morgan fingerprint density at radius 2 is 2.00 bits per heavy atom. The number of aldehydes is 1. The van der Waals surface area contributed by atoms with Crippen LogP contribution in [0.25, 0.3) is 5.69 Å². The molecule has 4 nitrogen and oxygen atoms in total. The number of hydrogen-bond donors (Lipinski definition) is 0. The van der Waals surface area contributed by atoms with Crippen LogP contribution < -0.4 is 0 Å². The Bertz CT molecular complexity index is 409. The molecule has 2 rings (SSSR count). The van der Waals surface area contributed by atoms with E-state index < -0.39 is 0 Å². The molecule has 0 amide bonds. The Kier molecular flexibility index (Phi) is 1.88. The number of carbonyl (C=O) groups is 1. The molecule has 0 saturated heterocycles. The second kappa shape index (κ2) is 3.18. The average molecular weight is 173 g/mol. The zero-order chi connectivity index (χ0) is 9.10. The molecule has 1 aromatic heterocycles. The molecule has 0 atom stereocenters. The van der Waals surface area contributed by atoms with Gasteiger partial charge in [-0.2, -0.15) is 15.0 Å². The van der Waals surface area contributed by atoms with Gasteiger partial charge in [-0.3, -0.25) is 4.79 Å². The van der Waals surface area contributed by atoms with Crippen LogP contribution in [0.2, 0.25) is 0 Å². The Morgan fingerprint density at radius 3 is 2.69 bits per heavy atom. The van der Waals surface area contributed by atoms with Crippen molar-refractivity contribution >= 4 is 6.29 Å². The van der Waals surface area contributed by atoms with Gasteiger partial charge in [-0.15, -0.1) is 0 Å². The van der Waals surface area contributed by atoms with Crippen LogP contribution in [0.5, 0.6) is 0 Å². The van der Waals surface area contributed by atoms with Crippen LogP contribution >= 0.6 is 0 Å². The highest BCUT2D eigenvalue weighted by Gasteiger charge is 1.97. The second-order valence-corrected chi connectivity index (χ2v) is 2.53. The monoisotopic (exact) mass is 173 g/mol. The lowest BCUT2D eigenvalue weighted by atomic mass is 10.2. The van der Waals surface area contributed by atoms with E-state index in [4.69, 9.17) is 0 Å². The fourth-order valence-electron chi connectivity index (χ4n) is 1.07. The van der Waals surface area contributed by atoms with Gasteiger partial charge in [-0.05, 0) is 12.1 Å². The van der Waals surface area contributed by atoms with E-state index in [2.05, 4.69) is 10.2 Å². The lowest BCUT2D eigenvalue weighted by Gasteiger charge is -1.98. The van der Waals surface area contributed by atoms with Crippen LogP contribution in [0.3, 0.4) is 0 Å². The van der Waals surface area contributed by atoms with E-state index in [0.29, 0.717) is 5.56 Å². The lowest BCUT2D eigenvalue weighted by molar-refractivity contribution is 0.112. The largest absolute Gasteiger partial charge is 0.298 e. The summed E-state index contributed by atoms with van der Waals surface area (Å²) in [7, 11) is 0. The quantitative estimate of drug-likeness (QED) is 0.638. The fourth-order valence-corrected chi connectivity index (χ4v) is 1.07. The normalized spacial score (nSPS) is 9.85. The maximum atomic E-state index is 10.5. The molecule has 0 aliphatic heterocycles. The van der Waals surface area contributed by atoms with Crippen molar-refractivity contribution in [3.63, 3.8) is 0 Å². The summed E-state index contributed by atoms with van der Waals surface area (Å²) in [5.74, 6) is 0. The first kappa shape index (κ1) is 7.67. The topological polar surface area (TPSA) is 47.8 Å². The first-order valence-electron chi connectivity index (χ1n) is 3.82. The van der Waals surface area contributed by atoms with Gasteiger partial charge in [0.2, 0.25) is 0 Å². The summed E-state index contributed by atoms with van der Waals surface area (Å²) in [5.41, 5.74) is 1.41. The standard InChI is InChI=1S/C9H7N3O/c13-7-8-2-1-3-9(6-8)12-10-4-5-11-12/h1-7H. The van der Waals surface area contributed by atoms with Crippen molar-refractivity contribution in [2.75, 3.05) is 0 Å². The maximum absolute atomic E-state index is 10.5. The van der Waals surface area contributed by atoms with E-state index in [0.717, 1.165) is 12.0 Å². The first-order chi connectivity index (χ1) is 6.40. The van der Waals surface area contributed by atoms with E-state index >= 15 is 0 Å². The minimum atomic E-state index is 0.620. The van der Waals surface area contributed by atoms with Gasteiger partial charge in [0.15, 0.2) is 0 Å². The van der Waals surface area contributed by atoms with E-state index in [1.54, 1.807) is 30.6 Å². The molecule has 0 bridgehead atoms. The Morgan fingerprint density at radius 1 is 1.23 bits per heavy atom. The van der Waals surface area contributed by atoms with Crippen molar-refractivity contribution in [1.29, 1.82) is 0 Å². The molecule has 0 saturated carbocycles. The molecule has 0 aliphatic carbocycles. The van der Waals surface area contributed by atoms with E-state index in [1.807, 2.05) is 6.07 Å². The number of nitrogens with zero attached hydrogens (tertiary/aromatic N) is 3. The molecule has 1 aromatic carbocycles. The SMILES string of the molecule is O=Cc1cccc(-n2nccn2)c1. The third-order valence-electron chi connectivity index (χ3n) is 1.66. The highest BCUT2D eigenvalue weighted by molar-refractivity contribution is 5.75. The molecular weight excluding hydrogens is 166 g/mol. The fraction of sp³-hybridized carbons (Fsp3) is 0. The van der Waals surface area contributed by atoms with Crippen LogP contribution in [0.4, 0.5) is 0 Å². The minimum absolute atomic E-state index is 0.620. The molecular formula is C9H7N3O. The third kappa shape index (κ3) is 1.46.